The van der Waals surface area contributed by atoms with Crippen LogP contribution in [0.1, 0.15) is 53.0 Å². The molecule has 0 heterocycles. The van der Waals surface area contributed by atoms with Gasteiger partial charge in [0, 0.05) is 18.8 Å². The van der Waals surface area contributed by atoms with E-state index in [2.05, 4.69) is 26.1 Å². The molecule has 0 aromatic heterocycles. The Balaban J connectivity index is 2.22. The average Bonchev–Trinajstić information content (AvgIpc) is 3.29. The number of nitrogens with zero attached hydrogens (tertiary/aromatic N) is 1. The second kappa shape index (κ2) is 6.34. The molecule has 1 saturated carbocycles. The molecule has 126 valence electrons. The minimum absolute atomic E-state index is 0.0340. The summed E-state index contributed by atoms with van der Waals surface area (Å²) < 4.78 is 0. The van der Waals surface area contributed by atoms with Gasteiger partial charge in [0.2, 0.25) is 11.8 Å². The van der Waals surface area contributed by atoms with Crippen molar-refractivity contribution in [1.82, 2.24) is 4.90 Å². The first kappa shape index (κ1) is 17.5. The van der Waals surface area contributed by atoms with Crippen molar-refractivity contribution >= 4 is 17.5 Å². The molecule has 1 N–H and O–H groups in total. The highest BCUT2D eigenvalue weighted by molar-refractivity contribution is 6.13. The Kier molecular flexibility index (Phi) is 4.83. The molecule has 1 fully saturated rings. The zero-order valence-corrected chi connectivity index (χ0v) is 14.9. The summed E-state index contributed by atoms with van der Waals surface area (Å²) in [5, 5.41) is 3.02. The summed E-state index contributed by atoms with van der Waals surface area (Å²) in [5.74, 6) is -0.195. The molecular formula is C19H28N2O2. The zero-order valence-electron chi connectivity index (χ0n) is 14.9. The van der Waals surface area contributed by atoms with E-state index in [0.29, 0.717) is 25.9 Å². The van der Waals surface area contributed by atoms with Crippen molar-refractivity contribution in [3.63, 3.8) is 0 Å². The number of nitrogens with one attached hydrogen (secondary N) is 1. The lowest BCUT2D eigenvalue weighted by molar-refractivity contribution is -0.141. The minimum Gasteiger partial charge on any atom is -0.342 e. The van der Waals surface area contributed by atoms with Crippen LogP contribution in [0.4, 0.5) is 5.69 Å². The van der Waals surface area contributed by atoms with Crippen LogP contribution in [0, 0.1) is 5.41 Å². The molecule has 2 rings (SSSR count). The normalized spacial score (nSPS) is 15.9. The molecule has 0 saturated heterocycles. The smallest absolute Gasteiger partial charge is 0.240 e. The zero-order chi connectivity index (χ0) is 17.3. The summed E-state index contributed by atoms with van der Waals surface area (Å²) in [5.41, 5.74) is 0.976. The van der Waals surface area contributed by atoms with Gasteiger partial charge in [-0.3, -0.25) is 9.59 Å². The Morgan fingerprint density at radius 2 is 1.70 bits per heavy atom. The first-order valence-electron chi connectivity index (χ1n) is 8.46. The molecule has 4 heteroatoms. The second-order valence-corrected chi connectivity index (χ2v) is 7.31. The molecule has 23 heavy (non-hydrogen) atoms. The Morgan fingerprint density at radius 1 is 1.13 bits per heavy atom. The highest BCUT2D eigenvalue weighted by Crippen LogP contribution is 2.48. The van der Waals surface area contributed by atoms with Gasteiger partial charge in [0.05, 0.1) is 0 Å². The molecule has 0 radical (unpaired) electrons. The first-order valence-corrected chi connectivity index (χ1v) is 8.46. The van der Waals surface area contributed by atoms with Gasteiger partial charge in [-0.2, -0.15) is 0 Å². The van der Waals surface area contributed by atoms with Gasteiger partial charge < -0.3 is 10.2 Å². The largest absolute Gasteiger partial charge is 0.342 e. The van der Waals surface area contributed by atoms with E-state index < -0.39 is 5.41 Å². The first-order chi connectivity index (χ1) is 10.8. The molecule has 1 aliphatic rings. The molecule has 0 spiro atoms. The number of amides is 2. The molecule has 0 aliphatic heterocycles. The van der Waals surface area contributed by atoms with Gasteiger partial charge in [0.15, 0.2) is 0 Å². The van der Waals surface area contributed by atoms with Crippen molar-refractivity contribution < 1.29 is 9.59 Å². The van der Waals surface area contributed by atoms with Gasteiger partial charge >= 0.3 is 0 Å². The fourth-order valence-electron chi connectivity index (χ4n) is 2.96. The molecule has 0 bridgehead atoms. The molecule has 4 nitrogen and oxygen atoms in total. The van der Waals surface area contributed by atoms with E-state index in [1.165, 1.54) is 0 Å². The molecule has 2 amide bonds. The fourth-order valence-corrected chi connectivity index (χ4v) is 2.96. The Labute approximate surface area is 139 Å². The quantitative estimate of drug-likeness (QED) is 0.844. The van der Waals surface area contributed by atoms with E-state index in [4.69, 9.17) is 0 Å². The Hall–Kier alpha value is -1.84. The van der Waals surface area contributed by atoms with E-state index >= 15 is 0 Å². The molecule has 1 aromatic rings. The second-order valence-electron chi connectivity index (χ2n) is 7.31. The summed E-state index contributed by atoms with van der Waals surface area (Å²) in [4.78, 5) is 27.2. The van der Waals surface area contributed by atoms with Crippen LogP contribution in [-0.4, -0.2) is 29.8 Å². The van der Waals surface area contributed by atoms with Gasteiger partial charge in [-0.15, -0.1) is 0 Å². The lowest BCUT2D eigenvalue weighted by atomic mass is 9.85. The van der Waals surface area contributed by atoms with Crippen molar-refractivity contribution in [3.05, 3.63) is 29.8 Å². The van der Waals surface area contributed by atoms with Crippen LogP contribution in [-0.2, 0) is 15.0 Å². The predicted octanol–water partition coefficient (Wildman–Crippen LogP) is 3.57. The monoisotopic (exact) mass is 316 g/mol. The number of benzene rings is 1. The van der Waals surface area contributed by atoms with Crippen LogP contribution in [0.5, 0.6) is 0 Å². The van der Waals surface area contributed by atoms with Crippen LogP contribution >= 0.6 is 0 Å². The number of carbonyl (C=O) groups excluding carboxylic acids is 2. The highest BCUT2D eigenvalue weighted by atomic mass is 16.2. The third kappa shape index (κ3) is 3.41. The standard InChI is InChI=1S/C19H28N2O2/c1-6-21(7-2)17(23)19(12-13-19)16(22)20-15-11-9-8-10-14(15)18(3,4)5/h8-11H,6-7,12-13H2,1-5H3,(H,20,22). The molecule has 0 atom stereocenters. The molecular weight excluding hydrogens is 288 g/mol. The molecule has 0 unspecified atom stereocenters. The van der Waals surface area contributed by atoms with Crippen LogP contribution in [0.3, 0.4) is 0 Å². The van der Waals surface area contributed by atoms with Gasteiger partial charge in [-0.05, 0) is 43.7 Å². The van der Waals surface area contributed by atoms with E-state index in [1.807, 2.05) is 38.1 Å². The summed E-state index contributed by atoms with van der Waals surface area (Å²) in [6, 6.07) is 7.83. The van der Waals surface area contributed by atoms with Crippen LogP contribution in [0.25, 0.3) is 0 Å². The summed E-state index contributed by atoms with van der Waals surface area (Å²) in [7, 11) is 0. The summed E-state index contributed by atoms with van der Waals surface area (Å²) in [6.07, 6.45) is 1.29. The van der Waals surface area contributed by atoms with Gasteiger partial charge in [-0.25, -0.2) is 0 Å². The van der Waals surface area contributed by atoms with E-state index in [1.54, 1.807) is 4.90 Å². The predicted molar refractivity (Wildman–Crippen MR) is 93.4 cm³/mol. The SMILES string of the molecule is CCN(CC)C(=O)C1(C(=O)Nc2ccccc2C(C)(C)C)CC1. The van der Waals surface area contributed by atoms with Crippen molar-refractivity contribution in [2.24, 2.45) is 5.41 Å². The fraction of sp³-hybridized carbons (Fsp3) is 0.579. The van der Waals surface area contributed by atoms with Crippen molar-refractivity contribution in [2.45, 2.75) is 52.9 Å². The Morgan fingerprint density at radius 3 is 2.17 bits per heavy atom. The van der Waals surface area contributed by atoms with Crippen molar-refractivity contribution in [1.29, 1.82) is 0 Å². The maximum absolute atomic E-state index is 12.8. The van der Waals surface area contributed by atoms with Crippen molar-refractivity contribution in [3.8, 4) is 0 Å². The highest BCUT2D eigenvalue weighted by Gasteiger charge is 2.57. The maximum Gasteiger partial charge on any atom is 0.240 e. The lowest BCUT2D eigenvalue weighted by Crippen LogP contribution is -2.43. The van der Waals surface area contributed by atoms with E-state index in [0.717, 1.165) is 11.3 Å². The summed E-state index contributed by atoms with van der Waals surface area (Å²) in [6.45, 7) is 11.5. The van der Waals surface area contributed by atoms with E-state index in [9.17, 15) is 9.59 Å². The van der Waals surface area contributed by atoms with Crippen LogP contribution in [0.2, 0.25) is 0 Å². The van der Waals surface area contributed by atoms with Gasteiger partial charge in [0.1, 0.15) is 5.41 Å². The molecule has 1 aliphatic carbocycles. The number of hydrogen-bond acceptors (Lipinski definition) is 2. The number of anilines is 1. The minimum atomic E-state index is -0.850. The van der Waals surface area contributed by atoms with Crippen molar-refractivity contribution in [2.75, 3.05) is 18.4 Å². The van der Waals surface area contributed by atoms with Gasteiger partial charge in [-0.1, -0.05) is 39.0 Å². The summed E-state index contributed by atoms with van der Waals surface area (Å²) >= 11 is 0. The maximum atomic E-state index is 12.8. The number of para-hydroxylation sites is 1. The Bertz CT molecular complexity index is 594. The van der Waals surface area contributed by atoms with E-state index in [-0.39, 0.29) is 17.2 Å². The third-order valence-corrected chi connectivity index (χ3v) is 4.63. The van der Waals surface area contributed by atoms with Crippen LogP contribution in [0.15, 0.2) is 24.3 Å². The number of rotatable bonds is 5. The van der Waals surface area contributed by atoms with Crippen LogP contribution < -0.4 is 5.32 Å². The van der Waals surface area contributed by atoms with Gasteiger partial charge in [0.25, 0.3) is 0 Å². The average molecular weight is 316 g/mol. The molecule has 1 aromatic carbocycles. The third-order valence-electron chi connectivity index (χ3n) is 4.63. The lowest BCUT2D eigenvalue weighted by Gasteiger charge is -2.26. The number of carbonyl (C=O) groups is 2. The number of hydrogen-bond donors (Lipinski definition) is 1. The topological polar surface area (TPSA) is 49.4 Å².